The molecule has 0 radical (unpaired) electrons. The Morgan fingerprint density at radius 1 is 1.29 bits per heavy atom. The highest BCUT2D eigenvalue weighted by molar-refractivity contribution is 5.82. The SMILES string of the molecule is CN(Cc1ccc(F)cc1)C(=O)C1CC2CCCCC2N1. The Balaban J connectivity index is 1.58. The molecule has 0 bridgehead atoms. The van der Waals surface area contributed by atoms with Crippen LogP contribution in [0.3, 0.4) is 0 Å². The Kier molecular flexibility index (Phi) is 4.24. The van der Waals surface area contributed by atoms with E-state index in [-0.39, 0.29) is 17.8 Å². The van der Waals surface area contributed by atoms with Crippen molar-refractivity contribution in [2.24, 2.45) is 5.92 Å². The van der Waals surface area contributed by atoms with Gasteiger partial charge in [-0.2, -0.15) is 0 Å². The topological polar surface area (TPSA) is 32.3 Å². The van der Waals surface area contributed by atoms with Crippen molar-refractivity contribution in [2.45, 2.75) is 50.7 Å². The van der Waals surface area contributed by atoms with Crippen LogP contribution in [0.2, 0.25) is 0 Å². The number of hydrogen-bond donors (Lipinski definition) is 1. The summed E-state index contributed by atoms with van der Waals surface area (Å²) in [4.78, 5) is 14.3. The maximum absolute atomic E-state index is 12.9. The van der Waals surface area contributed by atoms with Crippen molar-refractivity contribution < 1.29 is 9.18 Å². The molecule has 0 spiro atoms. The second-order valence-electron chi connectivity index (χ2n) is 6.43. The number of likely N-dealkylation sites (N-methyl/N-ethyl adjacent to an activating group) is 1. The first kappa shape index (κ1) is 14.5. The Morgan fingerprint density at radius 2 is 2.00 bits per heavy atom. The monoisotopic (exact) mass is 290 g/mol. The quantitative estimate of drug-likeness (QED) is 0.928. The molecule has 2 aliphatic rings. The Hall–Kier alpha value is -1.42. The molecule has 21 heavy (non-hydrogen) atoms. The number of nitrogens with one attached hydrogen (secondary N) is 1. The van der Waals surface area contributed by atoms with E-state index in [0.29, 0.717) is 18.5 Å². The smallest absolute Gasteiger partial charge is 0.239 e. The number of carbonyl (C=O) groups excluding carboxylic acids is 1. The van der Waals surface area contributed by atoms with Gasteiger partial charge in [0.05, 0.1) is 6.04 Å². The second-order valence-corrected chi connectivity index (χ2v) is 6.43. The van der Waals surface area contributed by atoms with Crippen LogP contribution in [0.1, 0.15) is 37.7 Å². The summed E-state index contributed by atoms with van der Waals surface area (Å²) in [6.45, 7) is 0.534. The van der Waals surface area contributed by atoms with E-state index in [1.165, 1.54) is 37.8 Å². The minimum atomic E-state index is -0.241. The van der Waals surface area contributed by atoms with Crippen LogP contribution >= 0.6 is 0 Å². The molecule has 1 aromatic carbocycles. The van der Waals surface area contributed by atoms with Crippen molar-refractivity contribution in [3.63, 3.8) is 0 Å². The molecule has 1 saturated carbocycles. The third kappa shape index (κ3) is 3.26. The molecule has 4 heteroatoms. The first-order valence-corrected chi connectivity index (χ1v) is 7.89. The van der Waals surface area contributed by atoms with Crippen molar-refractivity contribution in [2.75, 3.05) is 7.05 Å². The van der Waals surface area contributed by atoms with Gasteiger partial charge >= 0.3 is 0 Å². The average molecular weight is 290 g/mol. The van der Waals surface area contributed by atoms with E-state index in [1.54, 1.807) is 17.0 Å². The van der Waals surface area contributed by atoms with Crippen molar-refractivity contribution in [1.29, 1.82) is 0 Å². The lowest BCUT2D eigenvalue weighted by Gasteiger charge is -2.24. The third-order valence-electron chi connectivity index (χ3n) is 4.87. The van der Waals surface area contributed by atoms with Gasteiger partial charge in [0.25, 0.3) is 0 Å². The summed E-state index contributed by atoms with van der Waals surface area (Å²) in [5.41, 5.74) is 0.961. The molecule has 1 aromatic rings. The molecule has 1 aliphatic carbocycles. The standard InChI is InChI=1S/C17H23FN2O/c1-20(11-12-6-8-14(18)9-7-12)17(21)16-10-13-4-2-3-5-15(13)19-16/h6-9,13,15-16,19H,2-5,10-11H2,1H3. The molecule has 1 heterocycles. The van der Waals surface area contributed by atoms with E-state index in [2.05, 4.69) is 5.32 Å². The lowest BCUT2D eigenvalue weighted by Crippen LogP contribution is -2.43. The van der Waals surface area contributed by atoms with Gasteiger partial charge in [0, 0.05) is 19.6 Å². The van der Waals surface area contributed by atoms with Gasteiger partial charge in [-0.05, 0) is 42.9 Å². The number of carbonyl (C=O) groups is 1. The van der Waals surface area contributed by atoms with E-state index in [4.69, 9.17) is 0 Å². The molecule has 0 aromatic heterocycles. The van der Waals surface area contributed by atoms with E-state index < -0.39 is 0 Å². The first-order valence-electron chi connectivity index (χ1n) is 7.89. The molecule has 3 atom stereocenters. The van der Waals surface area contributed by atoms with Crippen LogP contribution in [0.5, 0.6) is 0 Å². The number of amides is 1. The number of nitrogens with zero attached hydrogens (tertiary/aromatic N) is 1. The third-order valence-corrected chi connectivity index (χ3v) is 4.87. The van der Waals surface area contributed by atoms with Gasteiger partial charge in [-0.25, -0.2) is 4.39 Å². The predicted octanol–water partition coefficient (Wildman–Crippen LogP) is 2.70. The minimum absolute atomic E-state index is 0.0384. The van der Waals surface area contributed by atoms with Crippen LogP contribution in [-0.4, -0.2) is 29.9 Å². The van der Waals surface area contributed by atoms with Gasteiger partial charge in [-0.3, -0.25) is 4.79 Å². The lowest BCUT2D eigenvalue weighted by atomic mass is 9.85. The zero-order valence-corrected chi connectivity index (χ0v) is 12.5. The summed E-state index contributed by atoms with van der Waals surface area (Å²) < 4.78 is 12.9. The molecule has 1 aliphatic heterocycles. The van der Waals surface area contributed by atoms with Gasteiger partial charge < -0.3 is 10.2 Å². The summed E-state index contributed by atoms with van der Waals surface area (Å²) in [6, 6.07) is 6.85. The second kappa shape index (κ2) is 6.14. The van der Waals surface area contributed by atoms with Crippen molar-refractivity contribution in [1.82, 2.24) is 10.2 Å². The van der Waals surface area contributed by atoms with Crippen LogP contribution in [0.4, 0.5) is 4.39 Å². The van der Waals surface area contributed by atoms with Crippen molar-refractivity contribution in [3.8, 4) is 0 Å². The predicted molar refractivity (Wildman–Crippen MR) is 80.2 cm³/mol. The number of fused-ring (bicyclic) bond motifs is 1. The summed E-state index contributed by atoms with van der Waals surface area (Å²) in [6.07, 6.45) is 6.01. The highest BCUT2D eigenvalue weighted by Gasteiger charge is 2.39. The molecule has 3 rings (SSSR count). The van der Waals surface area contributed by atoms with Crippen molar-refractivity contribution in [3.05, 3.63) is 35.6 Å². The normalized spacial score (nSPS) is 28.2. The van der Waals surface area contributed by atoms with Crippen LogP contribution in [0.25, 0.3) is 0 Å². The maximum Gasteiger partial charge on any atom is 0.239 e. The van der Waals surface area contributed by atoms with E-state index >= 15 is 0 Å². The fraction of sp³-hybridized carbons (Fsp3) is 0.588. The van der Waals surface area contributed by atoms with Crippen LogP contribution in [0, 0.1) is 11.7 Å². The fourth-order valence-electron chi connectivity index (χ4n) is 3.72. The number of rotatable bonds is 3. The molecular formula is C17H23FN2O. The van der Waals surface area contributed by atoms with Gasteiger partial charge in [-0.1, -0.05) is 25.0 Å². The van der Waals surface area contributed by atoms with E-state index in [1.807, 2.05) is 7.05 Å². The zero-order valence-electron chi connectivity index (χ0n) is 12.5. The number of hydrogen-bond acceptors (Lipinski definition) is 2. The van der Waals surface area contributed by atoms with Crippen LogP contribution in [0.15, 0.2) is 24.3 Å². The Morgan fingerprint density at radius 3 is 2.71 bits per heavy atom. The summed E-state index contributed by atoms with van der Waals surface area (Å²) in [5, 5.41) is 3.52. The Labute approximate surface area is 125 Å². The molecule has 1 amide bonds. The maximum atomic E-state index is 12.9. The largest absolute Gasteiger partial charge is 0.340 e. The average Bonchev–Trinajstić information content (AvgIpc) is 2.92. The molecule has 3 unspecified atom stereocenters. The Bertz CT molecular complexity index is 488. The van der Waals surface area contributed by atoms with Gasteiger partial charge in [0.15, 0.2) is 0 Å². The summed E-state index contributed by atoms with van der Waals surface area (Å²) in [5.74, 6) is 0.593. The van der Waals surface area contributed by atoms with Crippen molar-refractivity contribution >= 4 is 5.91 Å². The van der Waals surface area contributed by atoms with Crippen LogP contribution < -0.4 is 5.32 Å². The number of benzene rings is 1. The summed E-state index contributed by atoms with van der Waals surface area (Å²) >= 11 is 0. The van der Waals surface area contributed by atoms with E-state index in [0.717, 1.165) is 12.0 Å². The van der Waals surface area contributed by atoms with Gasteiger partial charge in [0.2, 0.25) is 5.91 Å². The molecule has 1 saturated heterocycles. The highest BCUT2D eigenvalue weighted by atomic mass is 19.1. The molecule has 3 nitrogen and oxygen atoms in total. The van der Waals surface area contributed by atoms with Gasteiger partial charge in [-0.15, -0.1) is 0 Å². The molecule has 2 fully saturated rings. The minimum Gasteiger partial charge on any atom is -0.340 e. The zero-order chi connectivity index (χ0) is 14.8. The first-order chi connectivity index (χ1) is 10.1. The van der Waals surface area contributed by atoms with Crippen LogP contribution in [-0.2, 0) is 11.3 Å². The number of halogens is 1. The van der Waals surface area contributed by atoms with E-state index in [9.17, 15) is 9.18 Å². The van der Waals surface area contributed by atoms with Gasteiger partial charge in [0.1, 0.15) is 5.82 Å². The molecule has 114 valence electrons. The summed E-state index contributed by atoms with van der Waals surface area (Å²) in [7, 11) is 1.83. The lowest BCUT2D eigenvalue weighted by molar-refractivity contribution is -0.132. The molecule has 1 N–H and O–H groups in total. The highest BCUT2D eigenvalue weighted by Crippen LogP contribution is 2.33. The molecular weight excluding hydrogens is 267 g/mol. The fourth-order valence-corrected chi connectivity index (χ4v) is 3.72.